The van der Waals surface area contributed by atoms with Crippen molar-refractivity contribution in [3.8, 4) is 16.9 Å². The van der Waals surface area contributed by atoms with Gasteiger partial charge in [-0.3, -0.25) is 5.32 Å². The summed E-state index contributed by atoms with van der Waals surface area (Å²) >= 11 is 1.17. The van der Waals surface area contributed by atoms with Crippen LogP contribution in [0, 0.1) is 0 Å². The molecule has 0 spiro atoms. The third-order valence-corrected chi connectivity index (χ3v) is 3.69. The monoisotopic (exact) mass is 381 g/mol. The van der Waals surface area contributed by atoms with Crippen molar-refractivity contribution in [2.75, 3.05) is 10.6 Å². The second-order valence-corrected chi connectivity index (χ2v) is 5.70. The number of alkyl halides is 3. The first kappa shape index (κ1) is 17.6. The maximum absolute atomic E-state index is 12.6. The van der Waals surface area contributed by atoms with E-state index >= 15 is 0 Å². The molecule has 0 aliphatic heterocycles. The zero-order valence-electron chi connectivity index (χ0n) is 12.8. The molecule has 134 valence electrons. The van der Waals surface area contributed by atoms with Crippen molar-refractivity contribution in [1.29, 1.82) is 0 Å². The number of amides is 2. The molecule has 2 N–H and O–H groups in total. The van der Waals surface area contributed by atoms with Crippen LogP contribution >= 0.6 is 11.3 Å². The molecule has 2 amide bonds. The normalized spacial score (nSPS) is 11.0. The minimum absolute atomic E-state index is 0.169. The molecule has 0 aliphatic rings. The molecule has 3 rings (SSSR count). The first-order valence-electron chi connectivity index (χ1n) is 7.03. The van der Waals surface area contributed by atoms with E-state index in [0.717, 1.165) is 6.07 Å². The van der Waals surface area contributed by atoms with Gasteiger partial charge in [0.1, 0.15) is 6.33 Å². The highest BCUT2D eigenvalue weighted by Crippen LogP contribution is 2.34. The SMILES string of the molecule is O=C(Nc1nccs1)Nc1cc(-c2cncnc2)ccc1OC(F)(F)F. The van der Waals surface area contributed by atoms with Gasteiger partial charge in [-0.2, -0.15) is 0 Å². The molecule has 26 heavy (non-hydrogen) atoms. The summed E-state index contributed by atoms with van der Waals surface area (Å²) in [7, 11) is 0. The average Bonchev–Trinajstić information content (AvgIpc) is 3.09. The Morgan fingerprint density at radius 3 is 2.54 bits per heavy atom. The number of nitrogens with zero attached hydrogens (tertiary/aromatic N) is 3. The standard InChI is InChI=1S/C15H10F3N5O2S/c16-15(17,18)25-12-2-1-9(10-6-19-8-20-7-10)5-11(12)22-13(24)23-14-21-3-4-26-14/h1-8H,(H2,21,22,23,24). The van der Waals surface area contributed by atoms with Crippen LogP contribution in [0.4, 0.5) is 28.8 Å². The number of aromatic nitrogens is 3. The van der Waals surface area contributed by atoms with Gasteiger partial charge in [-0.05, 0) is 17.7 Å². The van der Waals surface area contributed by atoms with E-state index in [1.807, 2.05) is 0 Å². The van der Waals surface area contributed by atoms with Gasteiger partial charge in [0, 0.05) is 29.5 Å². The van der Waals surface area contributed by atoms with Crippen molar-refractivity contribution in [3.63, 3.8) is 0 Å². The fourth-order valence-corrected chi connectivity index (χ4v) is 2.53. The van der Waals surface area contributed by atoms with E-state index in [2.05, 4.69) is 30.3 Å². The zero-order chi connectivity index (χ0) is 18.6. The quantitative estimate of drug-likeness (QED) is 0.709. The van der Waals surface area contributed by atoms with Gasteiger partial charge in [0.2, 0.25) is 0 Å². The Morgan fingerprint density at radius 1 is 1.12 bits per heavy atom. The third kappa shape index (κ3) is 4.66. The first-order chi connectivity index (χ1) is 12.4. The van der Waals surface area contributed by atoms with Crippen LogP contribution in [-0.2, 0) is 0 Å². The summed E-state index contributed by atoms with van der Waals surface area (Å²) in [4.78, 5) is 23.6. The van der Waals surface area contributed by atoms with Crippen LogP contribution < -0.4 is 15.4 Å². The summed E-state index contributed by atoms with van der Waals surface area (Å²) in [5.41, 5.74) is 0.900. The molecule has 0 saturated heterocycles. The molecule has 0 aliphatic carbocycles. The van der Waals surface area contributed by atoms with Crippen molar-refractivity contribution in [1.82, 2.24) is 15.0 Å². The molecule has 0 fully saturated rings. The van der Waals surface area contributed by atoms with E-state index in [-0.39, 0.29) is 5.69 Å². The summed E-state index contributed by atoms with van der Waals surface area (Å²) in [5, 5.41) is 6.69. The van der Waals surface area contributed by atoms with Crippen LogP contribution in [0.2, 0.25) is 0 Å². The molecule has 3 aromatic rings. The van der Waals surface area contributed by atoms with Crippen molar-refractivity contribution in [2.24, 2.45) is 0 Å². The van der Waals surface area contributed by atoms with Gasteiger partial charge < -0.3 is 10.1 Å². The predicted molar refractivity (Wildman–Crippen MR) is 88.9 cm³/mol. The number of hydrogen-bond acceptors (Lipinski definition) is 6. The molecule has 7 nitrogen and oxygen atoms in total. The van der Waals surface area contributed by atoms with Crippen molar-refractivity contribution in [3.05, 3.63) is 48.5 Å². The number of rotatable bonds is 4. The van der Waals surface area contributed by atoms with Gasteiger partial charge in [0.15, 0.2) is 10.9 Å². The lowest BCUT2D eigenvalue weighted by atomic mass is 10.1. The summed E-state index contributed by atoms with van der Waals surface area (Å²) in [5.74, 6) is -0.549. The molecule has 2 heterocycles. The van der Waals surface area contributed by atoms with Crippen LogP contribution in [0.1, 0.15) is 0 Å². The highest BCUT2D eigenvalue weighted by atomic mass is 32.1. The van der Waals surface area contributed by atoms with Crippen molar-refractivity contribution >= 4 is 28.2 Å². The third-order valence-electron chi connectivity index (χ3n) is 3.00. The molecular weight excluding hydrogens is 371 g/mol. The average molecular weight is 381 g/mol. The summed E-state index contributed by atoms with van der Waals surface area (Å²) in [6.07, 6.45) is 0.886. The number of hydrogen-bond donors (Lipinski definition) is 2. The summed E-state index contributed by atoms with van der Waals surface area (Å²) in [6.45, 7) is 0. The molecular formula is C15H10F3N5O2S. The van der Waals surface area contributed by atoms with E-state index in [9.17, 15) is 18.0 Å². The second-order valence-electron chi connectivity index (χ2n) is 4.80. The lowest BCUT2D eigenvalue weighted by Crippen LogP contribution is -2.22. The minimum atomic E-state index is -4.90. The fourth-order valence-electron chi connectivity index (χ4n) is 2.00. The van der Waals surface area contributed by atoms with Crippen LogP contribution in [-0.4, -0.2) is 27.3 Å². The maximum Gasteiger partial charge on any atom is 0.573 e. The number of urea groups is 1. The Bertz CT molecular complexity index is 888. The number of halogens is 3. The van der Waals surface area contributed by atoms with Gasteiger partial charge in [-0.25, -0.2) is 19.7 Å². The molecule has 0 unspecified atom stereocenters. The highest BCUT2D eigenvalue weighted by Gasteiger charge is 2.32. The van der Waals surface area contributed by atoms with E-state index in [1.54, 1.807) is 5.38 Å². The zero-order valence-corrected chi connectivity index (χ0v) is 13.6. The topological polar surface area (TPSA) is 89.0 Å². The first-order valence-corrected chi connectivity index (χ1v) is 7.91. The van der Waals surface area contributed by atoms with Gasteiger partial charge in [-0.15, -0.1) is 24.5 Å². The van der Waals surface area contributed by atoms with Crippen LogP contribution in [0.3, 0.4) is 0 Å². The van der Waals surface area contributed by atoms with Crippen molar-refractivity contribution in [2.45, 2.75) is 6.36 Å². The Balaban J connectivity index is 1.89. The molecule has 0 radical (unpaired) electrons. The number of ether oxygens (including phenoxy) is 1. The highest BCUT2D eigenvalue weighted by molar-refractivity contribution is 7.13. The van der Waals surface area contributed by atoms with E-state index in [0.29, 0.717) is 16.3 Å². The second kappa shape index (κ2) is 7.35. The Labute approximate surface area is 148 Å². The van der Waals surface area contributed by atoms with Gasteiger partial charge in [-0.1, -0.05) is 6.07 Å². The summed E-state index contributed by atoms with van der Waals surface area (Å²) in [6, 6.07) is 3.09. The van der Waals surface area contributed by atoms with Gasteiger partial charge >= 0.3 is 12.4 Å². The molecule has 0 saturated carbocycles. The number of thiazole rings is 1. The molecule has 0 bridgehead atoms. The number of carbonyl (C=O) groups is 1. The molecule has 2 aromatic heterocycles. The van der Waals surface area contributed by atoms with E-state index in [4.69, 9.17) is 0 Å². The number of nitrogens with one attached hydrogen (secondary N) is 2. The molecule has 0 atom stereocenters. The largest absolute Gasteiger partial charge is 0.573 e. The number of anilines is 2. The lowest BCUT2D eigenvalue weighted by molar-refractivity contribution is -0.274. The minimum Gasteiger partial charge on any atom is -0.404 e. The van der Waals surface area contributed by atoms with Crippen LogP contribution in [0.5, 0.6) is 5.75 Å². The number of benzene rings is 1. The Morgan fingerprint density at radius 2 is 1.88 bits per heavy atom. The van der Waals surface area contributed by atoms with E-state index < -0.39 is 18.1 Å². The fraction of sp³-hybridized carbons (Fsp3) is 0.0667. The maximum atomic E-state index is 12.6. The summed E-state index contributed by atoms with van der Waals surface area (Å²) < 4.78 is 41.8. The van der Waals surface area contributed by atoms with Crippen molar-refractivity contribution < 1.29 is 22.7 Å². The van der Waals surface area contributed by atoms with Crippen LogP contribution in [0.25, 0.3) is 11.1 Å². The molecule has 1 aromatic carbocycles. The lowest BCUT2D eigenvalue weighted by Gasteiger charge is -2.15. The smallest absolute Gasteiger partial charge is 0.404 e. The van der Waals surface area contributed by atoms with Gasteiger partial charge in [0.05, 0.1) is 5.69 Å². The Kier molecular flexibility index (Phi) is 4.98. The van der Waals surface area contributed by atoms with Gasteiger partial charge in [0.25, 0.3) is 0 Å². The Hall–Kier alpha value is -3.21. The van der Waals surface area contributed by atoms with E-state index in [1.165, 1.54) is 48.4 Å². The van der Waals surface area contributed by atoms with Crippen LogP contribution in [0.15, 0.2) is 48.5 Å². The molecule has 11 heteroatoms. The predicted octanol–water partition coefficient (Wildman–Crippen LogP) is 4.14. The number of carbonyl (C=O) groups excluding carboxylic acids is 1.